The van der Waals surface area contributed by atoms with E-state index in [0.29, 0.717) is 6.54 Å². The molecular weight excluding hydrogens is 262 g/mol. The summed E-state index contributed by atoms with van der Waals surface area (Å²) in [5.74, 6) is -1.17. The van der Waals surface area contributed by atoms with Gasteiger partial charge in [0.1, 0.15) is 17.3 Å². The minimum Gasteiger partial charge on any atom is -0.392 e. The Labute approximate surface area is 118 Å². The first-order chi connectivity index (χ1) is 9.56. The highest BCUT2D eigenvalue weighted by atomic mass is 19.1. The molecule has 3 nitrogen and oxygen atoms in total. The molecule has 0 radical (unpaired) electrons. The number of hydrogen-bond acceptors (Lipinski definition) is 3. The Hall–Kier alpha value is -1.20. The first kappa shape index (κ1) is 15.2. The number of aliphatic hydroxyl groups is 1. The molecule has 20 heavy (non-hydrogen) atoms. The lowest BCUT2D eigenvalue weighted by Crippen LogP contribution is -2.40. The molecule has 1 atom stereocenters. The minimum absolute atomic E-state index is 0.0457. The summed E-state index contributed by atoms with van der Waals surface area (Å²) in [6, 6.07) is 2.55. The van der Waals surface area contributed by atoms with E-state index < -0.39 is 11.6 Å². The van der Waals surface area contributed by atoms with Crippen LogP contribution in [-0.4, -0.2) is 42.7 Å². The summed E-state index contributed by atoms with van der Waals surface area (Å²) in [5.41, 5.74) is 0.313. The molecule has 0 aromatic heterocycles. The topological polar surface area (TPSA) is 26.7 Å². The number of aliphatic hydroxyl groups excluding tert-OH is 1. The van der Waals surface area contributed by atoms with Gasteiger partial charge in [0.2, 0.25) is 0 Å². The second-order valence-electron chi connectivity index (χ2n) is 5.44. The first-order valence-electron chi connectivity index (χ1n) is 7.10. The summed E-state index contributed by atoms with van der Waals surface area (Å²) in [5, 5.41) is 9.01. The largest absolute Gasteiger partial charge is 0.392 e. The fourth-order valence-corrected chi connectivity index (χ4v) is 2.87. The second kappa shape index (κ2) is 6.50. The minimum atomic E-state index is -0.586. The molecule has 1 heterocycles. The fraction of sp³-hybridized carbons (Fsp3) is 0.600. The maximum absolute atomic E-state index is 14.2. The third-order valence-corrected chi connectivity index (χ3v) is 3.92. The van der Waals surface area contributed by atoms with Gasteiger partial charge >= 0.3 is 0 Å². The molecule has 1 aromatic carbocycles. The van der Waals surface area contributed by atoms with Gasteiger partial charge in [-0.2, -0.15) is 0 Å². The van der Waals surface area contributed by atoms with Gasteiger partial charge in [0.25, 0.3) is 0 Å². The fourth-order valence-electron chi connectivity index (χ4n) is 2.87. The van der Waals surface area contributed by atoms with Gasteiger partial charge in [-0.05, 0) is 44.1 Å². The third-order valence-electron chi connectivity index (χ3n) is 3.92. The van der Waals surface area contributed by atoms with Crippen LogP contribution in [0.5, 0.6) is 0 Å². The molecule has 5 heteroatoms. The van der Waals surface area contributed by atoms with E-state index in [1.807, 2.05) is 18.9 Å². The van der Waals surface area contributed by atoms with Crippen molar-refractivity contribution in [3.05, 3.63) is 29.3 Å². The van der Waals surface area contributed by atoms with Gasteiger partial charge in [-0.25, -0.2) is 8.78 Å². The molecule has 1 N–H and O–H groups in total. The van der Waals surface area contributed by atoms with E-state index >= 15 is 0 Å². The van der Waals surface area contributed by atoms with Crippen molar-refractivity contribution in [3.8, 4) is 0 Å². The van der Waals surface area contributed by atoms with Crippen molar-refractivity contribution in [2.45, 2.75) is 32.4 Å². The van der Waals surface area contributed by atoms with Crippen LogP contribution in [0.3, 0.4) is 0 Å². The first-order valence-corrected chi connectivity index (χ1v) is 7.10. The van der Waals surface area contributed by atoms with Crippen molar-refractivity contribution >= 4 is 5.69 Å². The quantitative estimate of drug-likeness (QED) is 0.923. The molecule has 0 amide bonds. The van der Waals surface area contributed by atoms with Gasteiger partial charge in [-0.3, -0.25) is 0 Å². The van der Waals surface area contributed by atoms with Gasteiger partial charge in [-0.15, -0.1) is 0 Å². The summed E-state index contributed by atoms with van der Waals surface area (Å²) >= 11 is 0. The predicted octanol–water partition coefficient (Wildman–Crippen LogP) is 2.38. The number of halogens is 2. The SMILES string of the molecule is CCC1CN(C)CCCN1c1c(F)cc(CO)cc1F. The van der Waals surface area contributed by atoms with Crippen LogP contribution in [0.25, 0.3) is 0 Å². The van der Waals surface area contributed by atoms with E-state index in [1.165, 1.54) is 12.1 Å². The van der Waals surface area contributed by atoms with E-state index in [4.69, 9.17) is 5.11 Å². The lowest BCUT2D eigenvalue weighted by atomic mass is 10.1. The van der Waals surface area contributed by atoms with Crippen molar-refractivity contribution in [1.82, 2.24) is 4.90 Å². The van der Waals surface area contributed by atoms with Gasteiger partial charge in [-0.1, -0.05) is 6.92 Å². The normalized spacial score (nSPS) is 21.1. The van der Waals surface area contributed by atoms with E-state index in [1.54, 1.807) is 0 Å². The van der Waals surface area contributed by atoms with Crippen LogP contribution in [0.15, 0.2) is 12.1 Å². The molecule has 2 rings (SSSR count). The average molecular weight is 284 g/mol. The van der Waals surface area contributed by atoms with Crippen LogP contribution >= 0.6 is 0 Å². The maximum Gasteiger partial charge on any atom is 0.149 e. The number of anilines is 1. The second-order valence-corrected chi connectivity index (χ2v) is 5.44. The van der Waals surface area contributed by atoms with Gasteiger partial charge in [0, 0.05) is 19.1 Å². The maximum atomic E-state index is 14.2. The molecule has 0 spiro atoms. The molecule has 0 aliphatic carbocycles. The molecule has 1 saturated heterocycles. The number of nitrogens with zero attached hydrogens (tertiary/aromatic N) is 2. The van der Waals surface area contributed by atoms with Crippen molar-refractivity contribution in [3.63, 3.8) is 0 Å². The summed E-state index contributed by atoms with van der Waals surface area (Å²) in [4.78, 5) is 4.04. The summed E-state index contributed by atoms with van der Waals surface area (Å²) in [7, 11) is 2.04. The lowest BCUT2D eigenvalue weighted by molar-refractivity contribution is 0.280. The van der Waals surface area contributed by atoms with Crippen LogP contribution < -0.4 is 4.90 Å². The van der Waals surface area contributed by atoms with Crippen LogP contribution in [-0.2, 0) is 6.61 Å². The zero-order valence-electron chi connectivity index (χ0n) is 12.1. The van der Waals surface area contributed by atoms with Crippen LogP contribution in [0.2, 0.25) is 0 Å². The van der Waals surface area contributed by atoms with Gasteiger partial charge in [0.15, 0.2) is 0 Å². The monoisotopic (exact) mass is 284 g/mol. The molecule has 1 fully saturated rings. The Kier molecular flexibility index (Phi) is 4.94. The van der Waals surface area contributed by atoms with Gasteiger partial charge < -0.3 is 14.9 Å². The zero-order chi connectivity index (χ0) is 14.7. The van der Waals surface area contributed by atoms with Crippen LogP contribution in [0.1, 0.15) is 25.3 Å². The highest BCUT2D eigenvalue weighted by Crippen LogP contribution is 2.29. The molecule has 0 saturated carbocycles. The molecule has 1 aliphatic heterocycles. The van der Waals surface area contributed by atoms with Gasteiger partial charge in [0.05, 0.1) is 6.61 Å². The van der Waals surface area contributed by atoms with Crippen molar-refractivity contribution in [1.29, 1.82) is 0 Å². The highest BCUT2D eigenvalue weighted by molar-refractivity contribution is 5.52. The lowest BCUT2D eigenvalue weighted by Gasteiger charge is -2.32. The standard InChI is InChI=1S/C15H22F2N2O/c1-3-12-9-18(2)5-4-6-19(12)15-13(16)7-11(10-20)8-14(15)17/h7-8,12,20H,3-6,9-10H2,1-2H3. The predicted molar refractivity (Wildman–Crippen MR) is 75.8 cm³/mol. The zero-order valence-corrected chi connectivity index (χ0v) is 12.1. The molecule has 0 bridgehead atoms. The Bertz CT molecular complexity index is 444. The summed E-state index contributed by atoms with van der Waals surface area (Å²) in [6.07, 6.45) is 1.72. The van der Waals surface area contributed by atoms with E-state index in [-0.39, 0.29) is 23.9 Å². The number of benzene rings is 1. The number of hydrogen-bond donors (Lipinski definition) is 1. The Morgan fingerprint density at radius 2 is 1.90 bits per heavy atom. The molecular formula is C15H22F2N2O. The van der Waals surface area contributed by atoms with Crippen molar-refractivity contribution < 1.29 is 13.9 Å². The molecule has 1 aromatic rings. The van der Waals surface area contributed by atoms with E-state index in [0.717, 1.165) is 25.9 Å². The number of rotatable bonds is 3. The average Bonchev–Trinajstić information content (AvgIpc) is 2.59. The Morgan fingerprint density at radius 1 is 1.25 bits per heavy atom. The smallest absolute Gasteiger partial charge is 0.149 e. The van der Waals surface area contributed by atoms with E-state index in [9.17, 15) is 8.78 Å². The van der Waals surface area contributed by atoms with Crippen LogP contribution in [0, 0.1) is 11.6 Å². The Balaban J connectivity index is 2.37. The number of likely N-dealkylation sites (N-methyl/N-ethyl adjacent to an activating group) is 1. The third kappa shape index (κ3) is 3.10. The summed E-state index contributed by atoms with van der Waals surface area (Å²) < 4.78 is 28.4. The molecule has 1 aliphatic rings. The van der Waals surface area contributed by atoms with E-state index in [2.05, 4.69) is 4.90 Å². The highest BCUT2D eigenvalue weighted by Gasteiger charge is 2.27. The Morgan fingerprint density at radius 3 is 2.45 bits per heavy atom. The van der Waals surface area contributed by atoms with Crippen molar-refractivity contribution in [2.24, 2.45) is 0 Å². The molecule has 1 unspecified atom stereocenters. The summed E-state index contributed by atoms with van der Waals surface area (Å²) in [6.45, 7) is 4.07. The van der Waals surface area contributed by atoms with Crippen molar-refractivity contribution in [2.75, 3.05) is 31.6 Å². The molecule has 112 valence electrons. The van der Waals surface area contributed by atoms with Crippen LogP contribution in [0.4, 0.5) is 14.5 Å².